The highest BCUT2D eigenvalue weighted by molar-refractivity contribution is 7.47. The molecule has 3 atom stereocenters. The van der Waals surface area contributed by atoms with Gasteiger partial charge >= 0.3 is 7.82 Å². The molecule has 0 spiro atoms. The summed E-state index contributed by atoms with van der Waals surface area (Å²) in [4.78, 5) is 23.1. The number of quaternary nitrogens is 1. The van der Waals surface area contributed by atoms with Crippen LogP contribution in [0.3, 0.4) is 0 Å². The third kappa shape index (κ3) is 52.1. The predicted octanol–water partition coefficient (Wildman–Crippen LogP) is 17.2. The van der Waals surface area contributed by atoms with Crippen LogP contribution in [0, 0.1) is 0 Å². The van der Waals surface area contributed by atoms with Crippen molar-refractivity contribution in [3.8, 4) is 0 Å². The van der Waals surface area contributed by atoms with Gasteiger partial charge in [0.1, 0.15) is 13.2 Å². The van der Waals surface area contributed by atoms with Crippen LogP contribution in [0.1, 0.15) is 264 Å². The highest BCUT2D eigenvalue weighted by atomic mass is 31.2. The van der Waals surface area contributed by atoms with Crippen LogP contribution in [0.15, 0.2) is 48.6 Å². The fraction of sp³-hybridized carbons (Fsp3) is 0.845. The number of amides is 1. The van der Waals surface area contributed by atoms with Crippen LogP contribution in [-0.4, -0.2) is 73.4 Å². The number of phosphoric ester groups is 1. The minimum Gasteiger partial charge on any atom is -0.387 e. The number of likely N-dealkylation sites (N-methyl/N-ethyl adjacent to an activating group) is 1. The lowest BCUT2D eigenvalue weighted by molar-refractivity contribution is -0.870. The van der Waals surface area contributed by atoms with Crippen molar-refractivity contribution in [2.75, 3.05) is 40.9 Å². The Labute approximate surface area is 416 Å². The summed E-state index contributed by atoms with van der Waals surface area (Å²) < 4.78 is 23.5. The van der Waals surface area contributed by atoms with E-state index >= 15 is 0 Å². The van der Waals surface area contributed by atoms with Crippen molar-refractivity contribution in [1.29, 1.82) is 0 Å². The van der Waals surface area contributed by atoms with Gasteiger partial charge in [-0.3, -0.25) is 13.8 Å². The largest absolute Gasteiger partial charge is 0.472 e. The summed E-state index contributed by atoms with van der Waals surface area (Å²) in [5.74, 6) is -0.187. The van der Waals surface area contributed by atoms with Crippen molar-refractivity contribution in [2.45, 2.75) is 276 Å². The van der Waals surface area contributed by atoms with Crippen molar-refractivity contribution in [3.63, 3.8) is 0 Å². The molecule has 8 nitrogen and oxygen atoms in total. The number of carbonyl (C=O) groups excluding carboxylic acids is 1. The molecule has 0 saturated carbocycles. The van der Waals surface area contributed by atoms with E-state index in [4.69, 9.17) is 9.05 Å². The highest BCUT2D eigenvalue weighted by Crippen LogP contribution is 2.43. The SMILES string of the molecule is CCCC/C=C/CC/C=C/C(O)C(COP(=O)(O)OCC[N+](C)(C)C)NC(=O)CCCCCCCCCCCCCCCCCCCCCCCCCCC/C=C\C/C=C\CCCCCCC. The summed E-state index contributed by atoms with van der Waals surface area (Å²) in [7, 11) is 1.56. The molecule has 9 heteroatoms. The Kier molecular flexibility index (Phi) is 48.3. The van der Waals surface area contributed by atoms with Gasteiger partial charge in [0.2, 0.25) is 5.91 Å². The average Bonchev–Trinajstić information content (AvgIpc) is 3.29. The van der Waals surface area contributed by atoms with E-state index in [2.05, 4.69) is 55.6 Å². The molecule has 0 heterocycles. The molecular weight excluding hydrogens is 852 g/mol. The van der Waals surface area contributed by atoms with Crippen LogP contribution in [0.2, 0.25) is 0 Å². The third-order valence-electron chi connectivity index (χ3n) is 12.8. The molecule has 0 aliphatic carbocycles. The first-order valence-corrected chi connectivity index (χ1v) is 30.0. The number of hydrogen-bond donors (Lipinski definition) is 3. The molecule has 1 amide bonds. The smallest absolute Gasteiger partial charge is 0.387 e. The van der Waals surface area contributed by atoms with E-state index in [1.807, 2.05) is 27.2 Å². The third-order valence-corrected chi connectivity index (χ3v) is 13.8. The maximum absolute atomic E-state index is 12.9. The van der Waals surface area contributed by atoms with Crippen LogP contribution in [0.4, 0.5) is 0 Å². The van der Waals surface area contributed by atoms with Crippen LogP contribution >= 0.6 is 7.82 Å². The average molecular weight is 965 g/mol. The number of hydrogen-bond acceptors (Lipinski definition) is 5. The zero-order valence-electron chi connectivity index (χ0n) is 44.9. The molecular formula is C58H112N2O6P+. The van der Waals surface area contributed by atoms with Gasteiger partial charge in [0.25, 0.3) is 0 Å². The Morgan fingerprint density at radius 2 is 0.881 bits per heavy atom. The number of phosphoric acid groups is 1. The molecule has 0 aromatic carbocycles. The van der Waals surface area contributed by atoms with E-state index in [0.717, 1.165) is 44.9 Å². The van der Waals surface area contributed by atoms with Gasteiger partial charge in [-0.15, -0.1) is 0 Å². The number of unbranched alkanes of at least 4 members (excludes halogenated alkanes) is 33. The summed E-state index contributed by atoms with van der Waals surface area (Å²) >= 11 is 0. The number of carbonyl (C=O) groups is 1. The van der Waals surface area contributed by atoms with Crippen LogP contribution in [0.5, 0.6) is 0 Å². The second-order valence-corrected chi connectivity index (χ2v) is 22.1. The van der Waals surface area contributed by atoms with Gasteiger partial charge < -0.3 is 19.8 Å². The van der Waals surface area contributed by atoms with Gasteiger partial charge in [-0.2, -0.15) is 0 Å². The zero-order chi connectivity index (χ0) is 49.2. The monoisotopic (exact) mass is 964 g/mol. The minimum atomic E-state index is -4.34. The number of aliphatic hydroxyl groups is 1. The Balaban J connectivity index is 3.80. The first-order chi connectivity index (χ1) is 32.5. The molecule has 3 N–H and O–H groups in total. The van der Waals surface area contributed by atoms with Crippen molar-refractivity contribution < 1.29 is 32.9 Å². The molecule has 0 aliphatic rings. The molecule has 0 rings (SSSR count). The van der Waals surface area contributed by atoms with Gasteiger partial charge in [-0.1, -0.05) is 249 Å². The van der Waals surface area contributed by atoms with Gasteiger partial charge in [0.15, 0.2) is 0 Å². The summed E-state index contributed by atoms with van der Waals surface area (Å²) in [6, 6.07) is -0.859. The van der Waals surface area contributed by atoms with Crippen molar-refractivity contribution in [3.05, 3.63) is 48.6 Å². The molecule has 394 valence electrons. The van der Waals surface area contributed by atoms with E-state index < -0.39 is 20.0 Å². The Morgan fingerprint density at radius 3 is 1.33 bits per heavy atom. The number of aliphatic hydroxyl groups excluding tert-OH is 1. The number of nitrogens with one attached hydrogen (secondary N) is 1. The van der Waals surface area contributed by atoms with Crippen LogP contribution in [-0.2, 0) is 18.4 Å². The molecule has 0 aromatic rings. The van der Waals surface area contributed by atoms with Crippen molar-refractivity contribution >= 4 is 13.7 Å². The predicted molar refractivity (Wildman–Crippen MR) is 291 cm³/mol. The van der Waals surface area contributed by atoms with Gasteiger partial charge in [-0.05, 0) is 57.8 Å². The first kappa shape index (κ1) is 65.5. The van der Waals surface area contributed by atoms with E-state index in [1.165, 1.54) is 199 Å². The van der Waals surface area contributed by atoms with E-state index in [0.29, 0.717) is 17.4 Å². The fourth-order valence-electron chi connectivity index (χ4n) is 8.25. The Bertz CT molecular complexity index is 1230. The lowest BCUT2D eigenvalue weighted by atomic mass is 10.0. The standard InChI is InChI=1S/C58H111N2O6P/c1-6-8-10-12-14-16-17-18-19-20-21-22-23-24-25-26-27-28-29-30-31-32-33-34-35-36-37-38-39-40-41-42-43-44-46-48-50-52-58(62)59-56(55-66-67(63,64)65-54-53-60(3,4)5)57(61)51-49-47-45-15-13-11-9-7-2/h13,15,17-18,20-21,49,51,56-57,61H,6-12,14,16,19,22-48,50,52-55H2,1-5H3,(H-,59,62,63,64)/p+1/b15-13+,18-17-,21-20-,51-49+. The van der Waals surface area contributed by atoms with E-state index in [9.17, 15) is 19.4 Å². The summed E-state index contributed by atoms with van der Waals surface area (Å²) in [6.07, 6.45) is 65.5. The zero-order valence-corrected chi connectivity index (χ0v) is 45.8. The van der Waals surface area contributed by atoms with Gasteiger partial charge in [0.05, 0.1) is 39.9 Å². The molecule has 0 aliphatic heterocycles. The van der Waals surface area contributed by atoms with Crippen molar-refractivity contribution in [1.82, 2.24) is 5.32 Å². The second-order valence-electron chi connectivity index (χ2n) is 20.7. The number of nitrogens with zero attached hydrogens (tertiary/aromatic N) is 1. The first-order valence-electron chi connectivity index (χ1n) is 28.5. The maximum atomic E-state index is 12.9. The quantitative estimate of drug-likeness (QED) is 0.0243. The molecule has 67 heavy (non-hydrogen) atoms. The fourth-order valence-corrected chi connectivity index (χ4v) is 8.99. The minimum absolute atomic E-state index is 0.0565. The van der Waals surface area contributed by atoms with Gasteiger partial charge in [0, 0.05) is 6.42 Å². The lowest BCUT2D eigenvalue weighted by Crippen LogP contribution is -2.45. The van der Waals surface area contributed by atoms with Gasteiger partial charge in [-0.25, -0.2) is 4.57 Å². The summed E-state index contributed by atoms with van der Waals surface area (Å²) in [5.41, 5.74) is 0. The van der Waals surface area contributed by atoms with E-state index in [1.54, 1.807) is 6.08 Å². The number of rotatable bonds is 52. The maximum Gasteiger partial charge on any atom is 0.472 e. The molecule has 3 unspecified atom stereocenters. The Hall–Kier alpha value is -1.54. The molecule has 0 radical (unpaired) electrons. The normalized spacial score (nSPS) is 14.3. The van der Waals surface area contributed by atoms with Crippen LogP contribution < -0.4 is 5.32 Å². The lowest BCUT2D eigenvalue weighted by Gasteiger charge is -2.25. The molecule has 0 saturated heterocycles. The summed E-state index contributed by atoms with van der Waals surface area (Å²) in [5, 5.41) is 13.7. The van der Waals surface area contributed by atoms with E-state index in [-0.39, 0.29) is 19.1 Å². The molecule has 0 bridgehead atoms. The van der Waals surface area contributed by atoms with Crippen molar-refractivity contribution in [2.24, 2.45) is 0 Å². The second kappa shape index (κ2) is 49.4. The topological polar surface area (TPSA) is 105 Å². The number of allylic oxidation sites excluding steroid dienone is 7. The molecule has 0 fully saturated rings. The molecule has 0 aromatic heterocycles. The highest BCUT2D eigenvalue weighted by Gasteiger charge is 2.27. The summed E-state index contributed by atoms with van der Waals surface area (Å²) in [6.45, 7) is 4.72. The van der Waals surface area contributed by atoms with Crippen LogP contribution in [0.25, 0.3) is 0 Å². The Morgan fingerprint density at radius 1 is 0.507 bits per heavy atom.